The lowest BCUT2D eigenvalue weighted by Gasteiger charge is -2.23. The van der Waals surface area contributed by atoms with Gasteiger partial charge in [0.05, 0.1) is 13.7 Å². The van der Waals surface area contributed by atoms with Gasteiger partial charge in [-0.1, -0.05) is 13.3 Å². The molecule has 2 atom stereocenters. The predicted molar refractivity (Wildman–Crippen MR) is 67.4 cm³/mol. The molecule has 17 heavy (non-hydrogen) atoms. The lowest BCUT2D eigenvalue weighted by Crippen LogP contribution is -2.41. The molecule has 0 aliphatic heterocycles. The number of aliphatic hydroxyl groups excluding tert-OH is 1. The summed E-state index contributed by atoms with van der Waals surface area (Å²) in [6, 6.07) is 7.09. The fourth-order valence-corrected chi connectivity index (χ4v) is 1.61. The monoisotopic (exact) mass is 239 g/mol. The molecule has 2 unspecified atom stereocenters. The highest BCUT2D eigenvalue weighted by Gasteiger charge is 2.17. The fourth-order valence-electron chi connectivity index (χ4n) is 1.61. The number of benzene rings is 1. The molecule has 0 saturated carbocycles. The average Bonchev–Trinajstić information content (AvgIpc) is 2.37. The Kier molecular flexibility index (Phi) is 5.80. The van der Waals surface area contributed by atoms with Crippen LogP contribution in [0.2, 0.25) is 0 Å². The van der Waals surface area contributed by atoms with Crippen LogP contribution < -0.4 is 15.2 Å². The Morgan fingerprint density at radius 2 is 1.82 bits per heavy atom. The number of rotatable bonds is 7. The third kappa shape index (κ3) is 4.24. The van der Waals surface area contributed by atoms with Gasteiger partial charge in [0.25, 0.3) is 0 Å². The van der Waals surface area contributed by atoms with Gasteiger partial charge in [0.15, 0.2) is 0 Å². The maximum atomic E-state index is 9.26. The van der Waals surface area contributed by atoms with Crippen molar-refractivity contribution in [3.05, 3.63) is 24.3 Å². The number of nitrogens with two attached hydrogens (primary N) is 1. The molecule has 0 spiro atoms. The Morgan fingerprint density at radius 3 is 2.29 bits per heavy atom. The van der Waals surface area contributed by atoms with Crippen LogP contribution in [0.25, 0.3) is 0 Å². The van der Waals surface area contributed by atoms with Crippen LogP contribution in [-0.2, 0) is 0 Å². The van der Waals surface area contributed by atoms with Gasteiger partial charge in [0, 0.05) is 6.04 Å². The minimum Gasteiger partial charge on any atom is -0.497 e. The molecule has 0 radical (unpaired) electrons. The summed E-state index contributed by atoms with van der Waals surface area (Å²) in [7, 11) is 1.61. The van der Waals surface area contributed by atoms with Crippen molar-refractivity contribution in [1.29, 1.82) is 0 Å². The summed E-state index contributed by atoms with van der Waals surface area (Å²) in [6.45, 7) is 1.98. The molecule has 4 heteroatoms. The van der Waals surface area contributed by atoms with Crippen molar-refractivity contribution in [3.8, 4) is 11.5 Å². The van der Waals surface area contributed by atoms with Crippen LogP contribution >= 0.6 is 0 Å². The molecule has 0 bridgehead atoms. The van der Waals surface area contributed by atoms with Crippen LogP contribution in [0.1, 0.15) is 19.8 Å². The third-order valence-corrected chi connectivity index (χ3v) is 2.63. The van der Waals surface area contributed by atoms with E-state index in [0.717, 1.165) is 18.6 Å². The second-order valence-corrected chi connectivity index (χ2v) is 3.97. The van der Waals surface area contributed by atoms with Gasteiger partial charge in [0.2, 0.25) is 0 Å². The van der Waals surface area contributed by atoms with Crippen molar-refractivity contribution in [3.63, 3.8) is 0 Å². The van der Waals surface area contributed by atoms with Gasteiger partial charge in [-0.2, -0.15) is 0 Å². The number of hydrogen-bond acceptors (Lipinski definition) is 4. The molecule has 0 saturated heterocycles. The highest BCUT2D eigenvalue weighted by atomic mass is 16.5. The third-order valence-electron chi connectivity index (χ3n) is 2.63. The smallest absolute Gasteiger partial charge is 0.137 e. The quantitative estimate of drug-likeness (QED) is 0.758. The summed E-state index contributed by atoms with van der Waals surface area (Å²) in [6.07, 6.45) is 1.45. The Morgan fingerprint density at radius 1 is 1.24 bits per heavy atom. The molecule has 1 aromatic rings. The normalized spacial score (nSPS) is 14.1. The van der Waals surface area contributed by atoms with E-state index in [1.807, 2.05) is 12.1 Å². The molecule has 0 aliphatic carbocycles. The summed E-state index contributed by atoms with van der Waals surface area (Å²) in [4.78, 5) is 0. The lowest BCUT2D eigenvalue weighted by molar-refractivity contribution is 0.0916. The van der Waals surface area contributed by atoms with E-state index >= 15 is 0 Å². The van der Waals surface area contributed by atoms with Gasteiger partial charge in [-0.15, -0.1) is 0 Å². The van der Waals surface area contributed by atoms with E-state index < -0.39 is 0 Å². The second-order valence-electron chi connectivity index (χ2n) is 3.97. The van der Waals surface area contributed by atoms with E-state index in [1.54, 1.807) is 19.2 Å². The topological polar surface area (TPSA) is 64.7 Å². The average molecular weight is 239 g/mol. The van der Waals surface area contributed by atoms with Crippen LogP contribution in [0.15, 0.2) is 24.3 Å². The van der Waals surface area contributed by atoms with E-state index in [4.69, 9.17) is 15.2 Å². The Balaban J connectivity index is 2.60. The first-order chi connectivity index (χ1) is 8.21. The van der Waals surface area contributed by atoms with Gasteiger partial charge in [-0.3, -0.25) is 0 Å². The summed E-state index contributed by atoms with van der Waals surface area (Å²) >= 11 is 0. The molecule has 0 amide bonds. The molecule has 3 N–H and O–H groups in total. The Labute approximate surface area is 102 Å². The molecule has 1 aromatic carbocycles. The molecule has 96 valence electrons. The van der Waals surface area contributed by atoms with Crippen molar-refractivity contribution in [1.82, 2.24) is 0 Å². The van der Waals surface area contributed by atoms with E-state index in [9.17, 15) is 5.11 Å². The highest BCUT2D eigenvalue weighted by Crippen LogP contribution is 2.19. The second kappa shape index (κ2) is 7.14. The summed E-state index contributed by atoms with van der Waals surface area (Å²) in [5, 5.41) is 9.26. The first kappa shape index (κ1) is 13.8. The minimum atomic E-state index is -0.358. The molecule has 0 heterocycles. The van der Waals surface area contributed by atoms with Crippen molar-refractivity contribution in [2.75, 3.05) is 13.7 Å². The fraction of sp³-hybridized carbons (Fsp3) is 0.538. The highest BCUT2D eigenvalue weighted by molar-refractivity contribution is 5.31. The van der Waals surface area contributed by atoms with Gasteiger partial charge in [0.1, 0.15) is 17.6 Å². The van der Waals surface area contributed by atoms with Crippen LogP contribution in [0.3, 0.4) is 0 Å². The van der Waals surface area contributed by atoms with Crippen molar-refractivity contribution < 1.29 is 14.6 Å². The first-order valence-corrected chi connectivity index (χ1v) is 5.88. The zero-order valence-electron chi connectivity index (χ0n) is 10.4. The maximum absolute atomic E-state index is 9.26. The van der Waals surface area contributed by atoms with Crippen LogP contribution in [-0.4, -0.2) is 31.0 Å². The van der Waals surface area contributed by atoms with Crippen LogP contribution in [0, 0.1) is 0 Å². The predicted octanol–water partition coefficient (Wildman–Crippen LogP) is 1.56. The molecule has 4 nitrogen and oxygen atoms in total. The minimum absolute atomic E-state index is 0.0762. The van der Waals surface area contributed by atoms with E-state index in [-0.39, 0.29) is 18.8 Å². The molecule has 0 aromatic heterocycles. The van der Waals surface area contributed by atoms with Gasteiger partial charge < -0.3 is 20.3 Å². The van der Waals surface area contributed by atoms with Gasteiger partial charge in [-0.25, -0.2) is 0 Å². The SMILES string of the molecule is CCCC(N)C(CO)Oc1ccc(OC)cc1. The molecule has 0 aliphatic rings. The maximum Gasteiger partial charge on any atom is 0.137 e. The van der Waals surface area contributed by atoms with Crippen molar-refractivity contribution in [2.24, 2.45) is 5.73 Å². The zero-order valence-corrected chi connectivity index (χ0v) is 10.4. The van der Waals surface area contributed by atoms with Crippen LogP contribution in [0.4, 0.5) is 0 Å². The Hall–Kier alpha value is -1.26. The van der Waals surface area contributed by atoms with Crippen molar-refractivity contribution in [2.45, 2.75) is 31.9 Å². The van der Waals surface area contributed by atoms with Gasteiger partial charge >= 0.3 is 0 Å². The Bertz CT molecular complexity index is 313. The number of hydrogen-bond donors (Lipinski definition) is 2. The lowest BCUT2D eigenvalue weighted by atomic mass is 10.1. The molecule has 0 fully saturated rings. The van der Waals surface area contributed by atoms with E-state index in [2.05, 4.69) is 6.92 Å². The van der Waals surface area contributed by atoms with Crippen molar-refractivity contribution >= 4 is 0 Å². The molecular formula is C13H21NO3. The number of aliphatic hydroxyl groups is 1. The number of methoxy groups -OCH3 is 1. The standard InChI is InChI=1S/C13H21NO3/c1-3-4-12(14)13(9-15)17-11-7-5-10(16-2)6-8-11/h5-8,12-13,15H,3-4,9,14H2,1-2H3. The number of ether oxygens (including phenoxy) is 2. The van der Waals surface area contributed by atoms with Crippen LogP contribution in [0.5, 0.6) is 11.5 Å². The summed E-state index contributed by atoms with van der Waals surface area (Å²) in [5.41, 5.74) is 5.93. The van der Waals surface area contributed by atoms with E-state index in [1.165, 1.54) is 0 Å². The molecule has 1 rings (SSSR count). The largest absolute Gasteiger partial charge is 0.497 e. The first-order valence-electron chi connectivity index (χ1n) is 5.88. The zero-order chi connectivity index (χ0) is 12.7. The summed E-state index contributed by atoms with van der Waals surface area (Å²) < 4.78 is 10.7. The van der Waals surface area contributed by atoms with Gasteiger partial charge in [-0.05, 0) is 30.7 Å². The summed E-state index contributed by atoms with van der Waals surface area (Å²) in [5.74, 6) is 1.46. The van der Waals surface area contributed by atoms with E-state index in [0.29, 0.717) is 5.75 Å². The molecular weight excluding hydrogens is 218 g/mol.